The summed E-state index contributed by atoms with van der Waals surface area (Å²) in [6.45, 7) is 3.68. The lowest BCUT2D eigenvalue weighted by molar-refractivity contribution is 0.102. The molecular weight excluding hydrogens is 266 g/mol. The third-order valence-electron chi connectivity index (χ3n) is 3.32. The molecule has 3 aromatic rings. The Morgan fingerprint density at radius 1 is 1.24 bits per heavy atom. The number of aromatic nitrogens is 3. The normalized spacial score (nSPS) is 10.8. The maximum atomic E-state index is 12.3. The average Bonchev–Trinajstić information content (AvgIpc) is 2.80. The number of hydrogen-bond donors (Lipinski definition) is 3. The summed E-state index contributed by atoms with van der Waals surface area (Å²) >= 11 is 0. The molecule has 1 amide bonds. The first-order valence-electron chi connectivity index (χ1n) is 6.54. The van der Waals surface area contributed by atoms with Gasteiger partial charge in [-0.2, -0.15) is 5.10 Å². The van der Waals surface area contributed by atoms with Crippen molar-refractivity contribution in [3.63, 3.8) is 0 Å². The Labute approximate surface area is 121 Å². The number of aryl methyl sites for hydroxylation is 2. The zero-order chi connectivity index (χ0) is 15.0. The molecular formula is C15H15N5O. The molecule has 0 spiro atoms. The molecule has 0 fully saturated rings. The van der Waals surface area contributed by atoms with Crippen LogP contribution in [0.3, 0.4) is 0 Å². The number of hydrogen-bond acceptors (Lipinski definition) is 4. The number of nitrogens with two attached hydrogens (primary N) is 1. The van der Waals surface area contributed by atoms with Gasteiger partial charge in [-0.3, -0.25) is 14.9 Å². The highest BCUT2D eigenvalue weighted by Crippen LogP contribution is 2.23. The molecule has 0 bridgehead atoms. The topological polar surface area (TPSA) is 96.7 Å². The summed E-state index contributed by atoms with van der Waals surface area (Å²) in [6.07, 6.45) is 0. The zero-order valence-corrected chi connectivity index (χ0v) is 11.8. The van der Waals surface area contributed by atoms with E-state index >= 15 is 0 Å². The standard InChI is InChI=1S/C15H15N5O/c1-8-6-7-10-4-3-5-11(13(10)17-8)18-15(21)14-12(16)9(2)19-20-14/h3-7H,16H2,1-2H3,(H,18,21)(H,19,20). The fraction of sp³-hybridized carbons (Fsp3) is 0.133. The number of benzene rings is 1. The maximum absolute atomic E-state index is 12.3. The number of fused-ring (bicyclic) bond motifs is 1. The number of aromatic amines is 1. The van der Waals surface area contributed by atoms with Crippen molar-refractivity contribution in [2.75, 3.05) is 11.1 Å². The molecule has 3 rings (SSSR count). The highest BCUT2D eigenvalue weighted by Gasteiger charge is 2.16. The third-order valence-corrected chi connectivity index (χ3v) is 3.32. The van der Waals surface area contributed by atoms with Gasteiger partial charge in [0.15, 0.2) is 5.69 Å². The van der Waals surface area contributed by atoms with Gasteiger partial charge < -0.3 is 11.1 Å². The van der Waals surface area contributed by atoms with Crippen LogP contribution >= 0.6 is 0 Å². The van der Waals surface area contributed by atoms with Gasteiger partial charge in [0, 0.05) is 11.1 Å². The molecule has 0 radical (unpaired) electrons. The maximum Gasteiger partial charge on any atom is 0.278 e. The van der Waals surface area contributed by atoms with E-state index in [2.05, 4.69) is 20.5 Å². The molecule has 2 heterocycles. The Kier molecular flexibility index (Phi) is 3.06. The first kappa shape index (κ1) is 13.1. The molecule has 0 aliphatic carbocycles. The van der Waals surface area contributed by atoms with Gasteiger partial charge in [-0.05, 0) is 26.0 Å². The Morgan fingerprint density at radius 3 is 2.76 bits per heavy atom. The van der Waals surface area contributed by atoms with Gasteiger partial charge in [-0.25, -0.2) is 0 Å². The number of nitrogens with one attached hydrogen (secondary N) is 2. The molecule has 0 unspecified atom stereocenters. The van der Waals surface area contributed by atoms with Crippen molar-refractivity contribution in [1.82, 2.24) is 15.2 Å². The Balaban J connectivity index is 2.00. The summed E-state index contributed by atoms with van der Waals surface area (Å²) in [5, 5.41) is 10.4. The summed E-state index contributed by atoms with van der Waals surface area (Å²) < 4.78 is 0. The minimum atomic E-state index is -0.354. The smallest absolute Gasteiger partial charge is 0.278 e. The number of pyridine rings is 1. The van der Waals surface area contributed by atoms with E-state index in [0.29, 0.717) is 17.1 Å². The number of rotatable bonds is 2. The first-order valence-corrected chi connectivity index (χ1v) is 6.54. The molecule has 0 saturated heterocycles. The van der Waals surface area contributed by atoms with Crippen molar-refractivity contribution in [1.29, 1.82) is 0 Å². The lowest BCUT2D eigenvalue weighted by Crippen LogP contribution is -2.14. The molecule has 0 aliphatic rings. The molecule has 0 atom stereocenters. The summed E-state index contributed by atoms with van der Waals surface area (Å²) in [5.74, 6) is -0.354. The SMILES string of the molecule is Cc1ccc2cccc(NC(=O)c3n[nH]c(C)c3N)c2n1. The molecule has 0 aliphatic heterocycles. The van der Waals surface area contributed by atoms with Crippen LogP contribution < -0.4 is 11.1 Å². The third kappa shape index (κ3) is 2.31. The van der Waals surface area contributed by atoms with Crippen molar-refractivity contribution in [2.45, 2.75) is 13.8 Å². The quantitative estimate of drug-likeness (QED) is 0.672. The second-order valence-corrected chi connectivity index (χ2v) is 4.89. The number of amides is 1. The predicted molar refractivity (Wildman–Crippen MR) is 82.2 cm³/mol. The van der Waals surface area contributed by atoms with Crippen molar-refractivity contribution in [3.05, 3.63) is 47.4 Å². The number of H-pyrrole nitrogens is 1. The molecule has 6 nitrogen and oxygen atoms in total. The van der Waals surface area contributed by atoms with Crippen LogP contribution in [0.15, 0.2) is 30.3 Å². The molecule has 0 saturated carbocycles. The van der Waals surface area contributed by atoms with Crippen LogP contribution in [-0.2, 0) is 0 Å². The van der Waals surface area contributed by atoms with Crippen molar-refractivity contribution < 1.29 is 4.79 Å². The number of anilines is 2. The van der Waals surface area contributed by atoms with Crippen molar-refractivity contribution in [2.24, 2.45) is 0 Å². The average molecular weight is 281 g/mol. The number of nitrogens with zero attached hydrogens (tertiary/aromatic N) is 2. The fourth-order valence-electron chi connectivity index (χ4n) is 2.14. The van der Waals surface area contributed by atoms with E-state index in [1.807, 2.05) is 37.3 Å². The lowest BCUT2D eigenvalue weighted by atomic mass is 10.1. The van der Waals surface area contributed by atoms with Crippen LogP contribution in [0.2, 0.25) is 0 Å². The Hall–Kier alpha value is -2.89. The number of para-hydroxylation sites is 1. The van der Waals surface area contributed by atoms with Crippen molar-refractivity contribution >= 4 is 28.2 Å². The van der Waals surface area contributed by atoms with Crippen LogP contribution in [0, 0.1) is 13.8 Å². The molecule has 21 heavy (non-hydrogen) atoms. The summed E-state index contributed by atoms with van der Waals surface area (Å²) in [6, 6.07) is 9.53. The molecule has 6 heteroatoms. The summed E-state index contributed by atoms with van der Waals surface area (Å²) in [7, 11) is 0. The van der Waals surface area contributed by atoms with E-state index in [9.17, 15) is 4.79 Å². The van der Waals surface area contributed by atoms with Crippen molar-refractivity contribution in [3.8, 4) is 0 Å². The number of carbonyl (C=O) groups excluding carboxylic acids is 1. The van der Waals surface area contributed by atoms with Gasteiger partial charge in [-0.15, -0.1) is 0 Å². The minimum Gasteiger partial charge on any atom is -0.395 e. The van der Waals surface area contributed by atoms with Crippen LogP contribution in [0.25, 0.3) is 10.9 Å². The predicted octanol–water partition coefficient (Wildman–Crippen LogP) is 2.41. The minimum absolute atomic E-state index is 0.192. The number of nitrogen functional groups attached to an aromatic ring is 1. The summed E-state index contributed by atoms with van der Waals surface area (Å²) in [5.41, 5.74) is 9.32. The molecule has 106 valence electrons. The van der Waals surface area contributed by atoms with Gasteiger partial charge >= 0.3 is 0 Å². The monoisotopic (exact) mass is 281 g/mol. The lowest BCUT2D eigenvalue weighted by Gasteiger charge is -2.08. The molecule has 1 aromatic carbocycles. The van der Waals surface area contributed by atoms with Gasteiger partial charge in [0.25, 0.3) is 5.91 Å². The largest absolute Gasteiger partial charge is 0.395 e. The Morgan fingerprint density at radius 2 is 2.05 bits per heavy atom. The van der Waals surface area contributed by atoms with E-state index in [1.165, 1.54) is 0 Å². The highest BCUT2D eigenvalue weighted by molar-refractivity contribution is 6.09. The second-order valence-electron chi connectivity index (χ2n) is 4.89. The zero-order valence-electron chi connectivity index (χ0n) is 11.8. The van der Waals surface area contributed by atoms with Gasteiger partial charge in [0.2, 0.25) is 0 Å². The highest BCUT2D eigenvalue weighted by atomic mass is 16.2. The van der Waals surface area contributed by atoms with Crippen LogP contribution in [-0.4, -0.2) is 21.1 Å². The number of carbonyl (C=O) groups is 1. The van der Waals surface area contributed by atoms with Crippen LogP contribution in [0.1, 0.15) is 21.9 Å². The van der Waals surface area contributed by atoms with Crippen LogP contribution in [0.5, 0.6) is 0 Å². The summed E-state index contributed by atoms with van der Waals surface area (Å²) in [4.78, 5) is 16.8. The van der Waals surface area contributed by atoms with Gasteiger partial charge in [-0.1, -0.05) is 18.2 Å². The van der Waals surface area contributed by atoms with Gasteiger partial charge in [0.1, 0.15) is 0 Å². The second kappa shape index (κ2) is 4.90. The van der Waals surface area contributed by atoms with E-state index in [1.54, 1.807) is 6.92 Å². The Bertz CT molecular complexity index is 837. The fourth-order valence-corrected chi connectivity index (χ4v) is 2.14. The van der Waals surface area contributed by atoms with Crippen LogP contribution in [0.4, 0.5) is 11.4 Å². The molecule has 4 N–H and O–H groups in total. The molecule has 2 aromatic heterocycles. The van der Waals surface area contributed by atoms with E-state index in [0.717, 1.165) is 16.6 Å². The van der Waals surface area contributed by atoms with E-state index in [4.69, 9.17) is 5.73 Å². The van der Waals surface area contributed by atoms with E-state index in [-0.39, 0.29) is 11.6 Å². The van der Waals surface area contributed by atoms with E-state index < -0.39 is 0 Å². The van der Waals surface area contributed by atoms with Gasteiger partial charge in [0.05, 0.1) is 22.6 Å². The first-order chi connectivity index (χ1) is 10.1.